The number of esters is 1. The van der Waals surface area contributed by atoms with Gasteiger partial charge in [0.25, 0.3) is 0 Å². The number of carbonyl (C=O) groups excluding carboxylic acids is 4. The van der Waals surface area contributed by atoms with Crippen LogP contribution in [0.5, 0.6) is 5.75 Å². The van der Waals surface area contributed by atoms with Gasteiger partial charge >= 0.3 is 12.1 Å². The third-order valence-corrected chi connectivity index (χ3v) is 8.96. The number of hydrogen-bond acceptors (Lipinski definition) is 7. The lowest BCUT2D eigenvalue weighted by Crippen LogP contribution is -2.54. The van der Waals surface area contributed by atoms with E-state index in [0.717, 1.165) is 11.1 Å². The Hall–Kier alpha value is -4.28. The minimum atomic E-state index is -0.810. The SMILES string of the molecule is CC(C)(C)OC(=O)NNC(=O)C(c1ccc(OC(=O)C2=C(CCl)CS[C@H]3CC(=O)N23)cc1)C(c1ccccc1)c1ccccc1. The van der Waals surface area contributed by atoms with Gasteiger partial charge in [-0.25, -0.2) is 15.0 Å². The second-order valence-corrected chi connectivity index (χ2v) is 13.1. The number of carbonyl (C=O) groups is 4. The predicted octanol–water partition coefficient (Wildman–Crippen LogP) is 5.86. The molecule has 3 amide bonds. The first-order valence-corrected chi connectivity index (χ1v) is 16.1. The van der Waals surface area contributed by atoms with Crippen LogP contribution in [0.3, 0.4) is 0 Å². The summed E-state index contributed by atoms with van der Waals surface area (Å²) in [5.74, 6) is -1.60. The minimum absolute atomic E-state index is 0.0872. The smallest absolute Gasteiger partial charge is 0.426 e. The quantitative estimate of drug-likeness (QED) is 0.103. The van der Waals surface area contributed by atoms with Gasteiger partial charge in [0, 0.05) is 17.6 Å². The highest BCUT2D eigenvalue weighted by atomic mass is 35.5. The molecule has 1 fully saturated rings. The van der Waals surface area contributed by atoms with Crippen molar-refractivity contribution in [2.24, 2.45) is 0 Å². The van der Waals surface area contributed by atoms with Gasteiger partial charge in [0.15, 0.2) is 0 Å². The van der Waals surface area contributed by atoms with Crippen LogP contribution in [0.25, 0.3) is 0 Å². The molecule has 0 saturated carbocycles. The Morgan fingerprint density at radius 3 is 2.04 bits per heavy atom. The van der Waals surface area contributed by atoms with Gasteiger partial charge in [-0.3, -0.25) is 19.9 Å². The number of amides is 3. The molecule has 234 valence electrons. The maximum Gasteiger partial charge on any atom is 0.426 e. The second kappa shape index (κ2) is 13.8. The molecule has 2 heterocycles. The van der Waals surface area contributed by atoms with Gasteiger partial charge in [-0.05, 0) is 55.2 Å². The zero-order valence-electron chi connectivity index (χ0n) is 25.1. The molecule has 11 heteroatoms. The maximum absolute atomic E-state index is 13.9. The number of rotatable bonds is 8. The highest BCUT2D eigenvalue weighted by Crippen LogP contribution is 2.41. The van der Waals surface area contributed by atoms with Gasteiger partial charge in [0.05, 0.1) is 17.7 Å². The van der Waals surface area contributed by atoms with Gasteiger partial charge in [0.1, 0.15) is 17.0 Å². The summed E-state index contributed by atoms with van der Waals surface area (Å²) in [7, 11) is 0. The van der Waals surface area contributed by atoms with E-state index in [1.54, 1.807) is 56.8 Å². The average molecular weight is 648 g/mol. The number of halogens is 1. The maximum atomic E-state index is 13.9. The summed E-state index contributed by atoms with van der Waals surface area (Å²) < 4.78 is 11.0. The number of benzene rings is 3. The summed E-state index contributed by atoms with van der Waals surface area (Å²) in [5.41, 5.74) is 7.40. The topological polar surface area (TPSA) is 114 Å². The number of alkyl halides is 1. The lowest BCUT2D eigenvalue weighted by atomic mass is 9.76. The summed E-state index contributed by atoms with van der Waals surface area (Å²) >= 11 is 7.69. The van der Waals surface area contributed by atoms with E-state index < -0.39 is 35.4 Å². The first-order valence-electron chi connectivity index (χ1n) is 14.5. The van der Waals surface area contributed by atoms with Crippen LogP contribution < -0.4 is 15.6 Å². The molecule has 5 rings (SSSR count). The minimum Gasteiger partial charge on any atom is -0.443 e. The Morgan fingerprint density at radius 2 is 1.51 bits per heavy atom. The Bertz CT molecular complexity index is 1550. The zero-order valence-corrected chi connectivity index (χ0v) is 26.7. The monoisotopic (exact) mass is 647 g/mol. The molecule has 0 aliphatic carbocycles. The van der Waals surface area contributed by atoms with Crippen molar-refractivity contribution in [2.45, 2.75) is 50.0 Å². The highest BCUT2D eigenvalue weighted by molar-refractivity contribution is 8.00. The van der Waals surface area contributed by atoms with Crippen molar-refractivity contribution >= 4 is 47.2 Å². The molecule has 3 aromatic rings. The van der Waals surface area contributed by atoms with Crippen LogP contribution in [0, 0.1) is 0 Å². The van der Waals surface area contributed by atoms with E-state index in [1.807, 2.05) is 60.7 Å². The van der Waals surface area contributed by atoms with Crippen LogP contribution in [-0.2, 0) is 19.1 Å². The molecule has 2 aliphatic rings. The fraction of sp³-hybridized carbons (Fsp3) is 0.294. The molecular formula is C34H34ClN3O6S. The van der Waals surface area contributed by atoms with Crippen LogP contribution in [0.4, 0.5) is 4.79 Å². The molecule has 1 unspecified atom stereocenters. The molecule has 1 saturated heterocycles. The largest absolute Gasteiger partial charge is 0.443 e. The Morgan fingerprint density at radius 1 is 0.911 bits per heavy atom. The average Bonchev–Trinajstić information content (AvgIpc) is 3.02. The standard InChI is InChI=1S/C34H34ClN3O6S/c1-34(2,3)44-33(42)37-36-31(40)29(28(21-10-6-4-7-11-21)22-12-8-5-9-13-22)23-14-16-25(17-15-23)43-32(41)30-24(19-35)20-45-27-18-26(39)38(27)30/h4-17,27-29H,18-20H2,1-3H3,(H,36,40)(H,37,42)/t27-,29?/m0/s1. The van der Waals surface area contributed by atoms with Gasteiger partial charge in [-0.15, -0.1) is 23.4 Å². The fourth-order valence-corrected chi connectivity index (χ4v) is 6.95. The number of ether oxygens (including phenoxy) is 2. The molecule has 0 bridgehead atoms. The van der Waals surface area contributed by atoms with E-state index in [2.05, 4.69) is 10.9 Å². The van der Waals surface area contributed by atoms with E-state index in [-0.39, 0.29) is 28.6 Å². The van der Waals surface area contributed by atoms with Crippen molar-refractivity contribution in [1.82, 2.24) is 15.8 Å². The molecule has 3 aromatic carbocycles. The number of hydrogen-bond donors (Lipinski definition) is 2. The van der Waals surface area contributed by atoms with Crippen molar-refractivity contribution in [2.75, 3.05) is 11.6 Å². The van der Waals surface area contributed by atoms with Crippen LogP contribution in [0.1, 0.15) is 55.7 Å². The summed E-state index contributed by atoms with van der Waals surface area (Å²) in [4.78, 5) is 53.3. The molecule has 0 radical (unpaired) electrons. The van der Waals surface area contributed by atoms with Crippen molar-refractivity contribution < 1.29 is 28.7 Å². The van der Waals surface area contributed by atoms with E-state index in [0.29, 0.717) is 23.3 Å². The fourth-order valence-electron chi connectivity index (χ4n) is 5.36. The molecule has 0 aromatic heterocycles. The number of β-lactam (4-membered cyclic amide) rings is 1. The van der Waals surface area contributed by atoms with Crippen molar-refractivity contribution in [3.8, 4) is 5.75 Å². The molecule has 0 spiro atoms. The molecule has 45 heavy (non-hydrogen) atoms. The molecule has 2 aliphatic heterocycles. The normalized spacial score (nSPS) is 16.8. The van der Waals surface area contributed by atoms with Gasteiger partial charge in [-0.1, -0.05) is 72.8 Å². The van der Waals surface area contributed by atoms with Crippen molar-refractivity contribution in [3.63, 3.8) is 0 Å². The second-order valence-electron chi connectivity index (χ2n) is 11.7. The summed E-state index contributed by atoms with van der Waals surface area (Å²) in [6.07, 6.45) is -0.412. The Kier molecular flexibility index (Phi) is 9.84. The van der Waals surface area contributed by atoms with E-state index >= 15 is 0 Å². The van der Waals surface area contributed by atoms with Gasteiger partial charge < -0.3 is 9.47 Å². The predicted molar refractivity (Wildman–Crippen MR) is 173 cm³/mol. The lowest BCUT2D eigenvalue weighted by Gasteiger charge is -2.44. The number of thioether (sulfide) groups is 1. The van der Waals surface area contributed by atoms with E-state index in [4.69, 9.17) is 21.1 Å². The molecule has 2 atom stereocenters. The first-order chi connectivity index (χ1) is 21.6. The number of hydrazine groups is 1. The van der Waals surface area contributed by atoms with Crippen molar-refractivity contribution in [1.29, 1.82) is 0 Å². The Balaban J connectivity index is 1.45. The Labute approximate surface area is 271 Å². The summed E-state index contributed by atoms with van der Waals surface area (Å²) in [6, 6.07) is 25.9. The molecule has 2 N–H and O–H groups in total. The third-order valence-electron chi connectivity index (χ3n) is 7.36. The summed E-state index contributed by atoms with van der Waals surface area (Å²) in [6.45, 7) is 5.19. The molecular weight excluding hydrogens is 614 g/mol. The van der Waals surface area contributed by atoms with E-state index in [1.165, 1.54) is 4.90 Å². The van der Waals surface area contributed by atoms with Crippen LogP contribution >= 0.6 is 23.4 Å². The van der Waals surface area contributed by atoms with Crippen LogP contribution in [0.2, 0.25) is 0 Å². The summed E-state index contributed by atoms with van der Waals surface area (Å²) in [5, 5.41) is -0.0872. The highest BCUT2D eigenvalue weighted by Gasteiger charge is 2.45. The van der Waals surface area contributed by atoms with E-state index in [9.17, 15) is 19.2 Å². The lowest BCUT2D eigenvalue weighted by molar-refractivity contribution is -0.145. The van der Waals surface area contributed by atoms with Crippen LogP contribution in [-0.4, -0.2) is 51.4 Å². The van der Waals surface area contributed by atoms with Gasteiger partial charge in [-0.2, -0.15) is 0 Å². The number of nitrogens with zero attached hydrogens (tertiary/aromatic N) is 1. The van der Waals surface area contributed by atoms with Crippen molar-refractivity contribution in [3.05, 3.63) is 113 Å². The van der Waals surface area contributed by atoms with Gasteiger partial charge in [0.2, 0.25) is 11.8 Å². The number of nitrogens with one attached hydrogen (secondary N) is 2. The molecule has 9 nitrogen and oxygen atoms in total. The van der Waals surface area contributed by atoms with Crippen LogP contribution in [0.15, 0.2) is 96.2 Å². The third kappa shape index (κ3) is 7.51. The first kappa shape index (κ1) is 32.1. The number of fused-ring (bicyclic) bond motifs is 1. The zero-order chi connectivity index (χ0) is 32.1.